The van der Waals surface area contributed by atoms with Gasteiger partial charge in [0, 0.05) is 16.8 Å². The Morgan fingerprint density at radius 2 is 2.12 bits per heavy atom. The SMILES string of the molecule is CS(=O)(=O)CCC(O)c1c(F)cccc1Cl. The maximum Gasteiger partial charge on any atom is 0.147 e. The monoisotopic (exact) mass is 266 g/mol. The summed E-state index contributed by atoms with van der Waals surface area (Å²) in [7, 11) is -3.18. The topological polar surface area (TPSA) is 54.4 Å². The van der Waals surface area contributed by atoms with Gasteiger partial charge in [0.25, 0.3) is 0 Å². The van der Waals surface area contributed by atoms with Crippen molar-refractivity contribution in [2.24, 2.45) is 0 Å². The van der Waals surface area contributed by atoms with Gasteiger partial charge in [-0.2, -0.15) is 0 Å². The Balaban J connectivity index is 2.85. The molecule has 0 bridgehead atoms. The third-order valence-corrected chi connectivity index (χ3v) is 3.40. The van der Waals surface area contributed by atoms with E-state index in [1.54, 1.807) is 0 Å². The lowest BCUT2D eigenvalue weighted by atomic mass is 10.1. The molecule has 1 aromatic carbocycles. The molecule has 1 unspecified atom stereocenters. The summed E-state index contributed by atoms with van der Waals surface area (Å²) in [6.45, 7) is 0. The van der Waals surface area contributed by atoms with Crippen molar-refractivity contribution in [1.82, 2.24) is 0 Å². The molecule has 1 atom stereocenters. The van der Waals surface area contributed by atoms with E-state index < -0.39 is 21.8 Å². The van der Waals surface area contributed by atoms with Crippen molar-refractivity contribution in [2.45, 2.75) is 12.5 Å². The average Bonchev–Trinajstić information content (AvgIpc) is 2.13. The first-order valence-corrected chi connectivity index (χ1v) is 7.05. The van der Waals surface area contributed by atoms with Gasteiger partial charge in [0.1, 0.15) is 15.7 Å². The van der Waals surface area contributed by atoms with Crippen LogP contribution in [0.5, 0.6) is 0 Å². The predicted octanol–water partition coefficient (Wildman–Crippen LogP) is 1.95. The minimum Gasteiger partial charge on any atom is -0.388 e. The second-order valence-corrected chi connectivity index (χ2v) is 6.24. The fraction of sp³-hybridized carbons (Fsp3) is 0.400. The third-order valence-electron chi connectivity index (χ3n) is 2.10. The lowest BCUT2D eigenvalue weighted by Crippen LogP contribution is -2.10. The molecular formula is C10H12ClFO3S. The molecule has 1 rings (SSSR count). The van der Waals surface area contributed by atoms with Gasteiger partial charge in [-0.25, -0.2) is 12.8 Å². The van der Waals surface area contributed by atoms with Gasteiger partial charge < -0.3 is 5.11 Å². The van der Waals surface area contributed by atoms with Crippen molar-refractivity contribution in [3.05, 3.63) is 34.6 Å². The number of hydrogen-bond donors (Lipinski definition) is 1. The van der Waals surface area contributed by atoms with E-state index in [-0.39, 0.29) is 22.8 Å². The zero-order chi connectivity index (χ0) is 12.3. The van der Waals surface area contributed by atoms with Crippen LogP contribution in [-0.4, -0.2) is 25.5 Å². The van der Waals surface area contributed by atoms with Gasteiger partial charge in [-0.3, -0.25) is 0 Å². The summed E-state index contributed by atoms with van der Waals surface area (Å²) in [5.74, 6) is -0.841. The van der Waals surface area contributed by atoms with E-state index in [1.807, 2.05) is 0 Å². The molecule has 0 radical (unpaired) electrons. The number of benzene rings is 1. The number of hydrogen-bond acceptors (Lipinski definition) is 3. The molecule has 0 heterocycles. The van der Waals surface area contributed by atoms with Crippen LogP contribution in [0.4, 0.5) is 4.39 Å². The minimum absolute atomic E-state index is 0.0483. The molecule has 0 amide bonds. The second-order valence-electron chi connectivity index (χ2n) is 3.57. The molecule has 6 heteroatoms. The van der Waals surface area contributed by atoms with Crippen molar-refractivity contribution in [3.63, 3.8) is 0 Å². The van der Waals surface area contributed by atoms with E-state index in [9.17, 15) is 17.9 Å². The van der Waals surface area contributed by atoms with Gasteiger partial charge in [-0.05, 0) is 18.6 Å². The Bertz CT molecular complexity index is 453. The lowest BCUT2D eigenvalue weighted by molar-refractivity contribution is 0.169. The predicted molar refractivity (Wildman–Crippen MR) is 60.7 cm³/mol. The highest BCUT2D eigenvalue weighted by atomic mass is 35.5. The van der Waals surface area contributed by atoms with Gasteiger partial charge >= 0.3 is 0 Å². The van der Waals surface area contributed by atoms with E-state index in [1.165, 1.54) is 18.2 Å². The van der Waals surface area contributed by atoms with Crippen LogP contribution in [0.25, 0.3) is 0 Å². The maximum absolute atomic E-state index is 13.3. The first kappa shape index (κ1) is 13.4. The quantitative estimate of drug-likeness (QED) is 0.906. The summed E-state index contributed by atoms with van der Waals surface area (Å²) in [5, 5.41) is 9.75. The van der Waals surface area contributed by atoms with Crippen LogP contribution in [0.15, 0.2) is 18.2 Å². The first-order valence-electron chi connectivity index (χ1n) is 4.61. The summed E-state index contributed by atoms with van der Waals surface area (Å²) < 4.78 is 35.1. The van der Waals surface area contributed by atoms with Crippen LogP contribution in [0.1, 0.15) is 18.1 Å². The fourth-order valence-electron chi connectivity index (χ4n) is 1.30. The van der Waals surface area contributed by atoms with E-state index in [0.29, 0.717) is 0 Å². The lowest BCUT2D eigenvalue weighted by Gasteiger charge is -2.12. The molecule has 1 N–H and O–H groups in total. The molecule has 0 aromatic heterocycles. The zero-order valence-electron chi connectivity index (χ0n) is 8.65. The highest BCUT2D eigenvalue weighted by Crippen LogP contribution is 2.27. The van der Waals surface area contributed by atoms with Gasteiger partial charge in [0.15, 0.2) is 0 Å². The zero-order valence-corrected chi connectivity index (χ0v) is 10.2. The normalized spacial score (nSPS) is 13.8. The molecular weight excluding hydrogens is 255 g/mol. The van der Waals surface area contributed by atoms with E-state index in [2.05, 4.69) is 0 Å². The molecule has 3 nitrogen and oxygen atoms in total. The highest BCUT2D eigenvalue weighted by molar-refractivity contribution is 7.90. The highest BCUT2D eigenvalue weighted by Gasteiger charge is 2.18. The van der Waals surface area contributed by atoms with Gasteiger partial charge in [0.05, 0.1) is 11.9 Å². The van der Waals surface area contributed by atoms with Crippen LogP contribution in [-0.2, 0) is 9.84 Å². The summed E-state index contributed by atoms with van der Waals surface area (Å²) in [4.78, 5) is 0. The standard InChI is InChI=1S/C10H12ClFO3S/c1-16(14,15)6-5-9(13)10-7(11)3-2-4-8(10)12/h2-4,9,13H,5-6H2,1H3. The molecule has 0 aliphatic carbocycles. The maximum atomic E-state index is 13.3. The smallest absolute Gasteiger partial charge is 0.147 e. The van der Waals surface area contributed by atoms with Crippen molar-refractivity contribution in [3.8, 4) is 0 Å². The molecule has 0 aliphatic heterocycles. The third kappa shape index (κ3) is 3.73. The number of rotatable bonds is 4. The molecule has 0 fully saturated rings. The Labute approximate surface area is 98.8 Å². The van der Waals surface area contributed by atoms with Gasteiger partial charge in [-0.1, -0.05) is 17.7 Å². The van der Waals surface area contributed by atoms with Crippen LogP contribution in [0.3, 0.4) is 0 Å². The van der Waals surface area contributed by atoms with Gasteiger partial charge in [-0.15, -0.1) is 0 Å². The number of aliphatic hydroxyl groups is 1. The van der Waals surface area contributed by atoms with Gasteiger partial charge in [0.2, 0.25) is 0 Å². The molecule has 0 saturated carbocycles. The van der Waals surface area contributed by atoms with E-state index in [4.69, 9.17) is 11.6 Å². The minimum atomic E-state index is -3.18. The Hall–Kier alpha value is -0.650. The number of halogens is 2. The summed E-state index contributed by atoms with van der Waals surface area (Å²) in [6.07, 6.45) is -0.217. The van der Waals surface area contributed by atoms with Crippen molar-refractivity contribution >= 4 is 21.4 Å². The van der Waals surface area contributed by atoms with Crippen LogP contribution >= 0.6 is 11.6 Å². The van der Waals surface area contributed by atoms with E-state index in [0.717, 1.165) is 6.26 Å². The van der Waals surface area contributed by atoms with Crippen LogP contribution < -0.4 is 0 Å². The number of sulfone groups is 1. The summed E-state index contributed by atoms with van der Waals surface area (Å²) >= 11 is 5.72. The Morgan fingerprint density at radius 1 is 1.50 bits per heavy atom. The summed E-state index contributed by atoms with van der Waals surface area (Å²) in [5.41, 5.74) is -0.0483. The summed E-state index contributed by atoms with van der Waals surface area (Å²) in [6, 6.07) is 4.04. The van der Waals surface area contributed by atoms with Crippen molar-refractivity contribution in [2.75, 3.05) is 12.0 Å². The average molecular weight is 267 g/mol. The number of aliphatic hydroxyl groups excluding tert-OH is 1. The molecule has 0 spiro atoms. The van der Waals surface area contributed by atoms with Crippen molar-refractivity contribution in [1.29, 1.82) is 0 Å². The molecule has 0 aliphatic rings. The molecule has 90 valence electrons. The fourth-order valence-corrected chi connectivity index (χ4v) is 2.24. The molecule has 16 heavy (non-hydrogen) atoms. The van der Waals surface area contributed by atoms with Crippen molar-refractivity contribution < 1.29 is 17.9 Å². The largest absolute Gasteiger partial charge is 0.388 e. The molecule has 0 saturated heterocycles. The Morgan fingerprint density at radius 3 is 2.62 bits per heavy atom. The van der Waals surface area contributed by atoms with Crippen LogP contribution in [0.2, 0.25) is 5.02 Å². The Kier molecular flexibility index (Phi) is 4.29. The molecule has 1 aromatic rings. The first-order chi connectivity index (χ1) is 7.31. The second kappa shape index (κ2) is 5.12. The van der Waals surface area contributed by atoms with E-state index >= 15 is 0 Å². The van der Waals surface area contributed by atoms with Crippen LogP contribution in [0, 0.1) is 5.82 Å².